The first kappa shape index (κ1) is 37.7. The molecule has 42 heavy (non-hydrogen) atoms. The number of nitrogen functional groups attached to an aromatic ring is 2. The van der Waals surface area contributed by atoms with Gasteiger partial charge in [-0.25, -0.2) is 0 Å². The van der Waals surface area contributed by atoms with E-state index in [1.54, 1.807) is 84.9 Å². The van der Waals surface area contributed by atoms with E-state index in [1.807, 2.05) is 0 Å². The number of carbonyl (C=O) groups is 4. The molecular formula is C30H22Br2N2Na2O6. The summed E-state index contributed by atoms with van der Waals surface area (Å²) in [6.07, 6.45) is -0.624. The number of halogens is 2. The third-order valence-corrected chi connectivity index (χ3v) is 6.82. The van der Waals surface area contributed by atoms with Crippen LogP contribution in [0.5, 0.6) is 0 Å². The van der Waals surface area contributed by atoms with Crippen LogP contribution in [0.2, 0.25) is 0 Å². The van der Waals surface area contributed by atoms with Crippen molar-refractivity contribution in [2.75, 3.05) is 11.5 Å². The predicted octanol–water partition coefficient (Wildman–Crippen LogP) is -2.88. The standard InChI is InChI=1S/2C15H12BrNO3.2Na/c2*16-11-6-4-9(5-7-11)15(20)12-3-1-2-10(14(12)17)8-13(18)19;;/h2*1-7H,8,17H2,(H,18,19);;/q;;2*+1/p-2. The first-order valence-corrected chi connectivity index (χ1v) is 13.3. The largest absolute Gasteiger partial charge is 1.00 e. The van der Waals surface area contributed by atoms with Gasteiger partial charge in [0.25, 0.3) is 0 Å². The van der Waals surface area contributed by atoms with Crippen molar-refractivity contribution in [1.29, 1.82) is 0 Å². The van der Waals surface area contributed by atoms with Gasteiger partial charge in [-0.05, 0) is 71.8 Å². The van der Waals surface area contributed by atoms with E-state index >= 15 is 0 Å². The van der Waals surface area contributed by atoms with Crippen LogP contribution >= 0.6 is 31.9 Å². The molecular weight excluding hydrogens is 690 g/mol. The molecule has 0 bridgehead atoms. The van der Waals surface area contributed by atoms with Gasteiger partial charge in [0.2, 0.25) is 0 Å². The monoisotopic (exact) mass is 710 g/mol. The van der Waals surface area contributed by atoms with Gasteiger partial charge < -0.3 is 31.3 Å². The number of benzene rings is 4. The topological polar surface area (TPSA) is 166 Å². The molecule has 4 aromatic carbocycles. The number of ketones is 2. The number of nitrogens with two attached hydrogens (primary N) is 2. The number of carboxylic acid groups (broad SMARTS) is 2. The predicted molar refractivity (Wildman–Crippen MR) is 154 cm³/mol. The average molecular weight is 712 g/mol. The van der Waals surface area contributed by atoms with Crippen LogP contribution < -0.4 is 80.8 Å². The molecule has 0 fully saturated rings. The molecule has 4 N–H and O–H groups in total. The maximum atomic E-state index is 12.4. The number of carbonyl (C=O) groups excluding carboxylic acids is 4. The summed E-state index contributed by atoms with van der Waals surface area (Å²) in [5, 5.41) is 21.3. The minimum Gasteiger partial charge on any atom is -0.550 e. The Hall–Kier alpha value is -2.28. The average Bonchev–Trinajstić information content (AvgIpc) is 2.91. The van der Waals surface area contributed by atoms with Gasteiger partial charge in [0.1, 0.15) is 0 Å². The molecule has 0 radical (unpaired) electrons. The van der Waals surface area contributed by atoms with E-state index in [0.717, 1.165) is 8.95 Å². The molecule has 8 nitrogen and oxygen atoms in total. The van der Waals surface area contributed by atoms with E-state index in [-0.39, 0.29) is 94.9 Å². The smallest absolute Gasteiger partial charge is 0.550 e. The number of aliphatic carboxylic acids is 2. The SMILES string of the molecule is Nc1c(CC(=O)[O-])cccc1C(=O)c1ccc(Br)cc1.Nc1c(CC(=O)[O-])cccc1C(=O)c1ccc(Br)cc1.[Na+].[Na+]. The van der Waals surface area contributed by atoms with Crippen LogP contribution in [-0.4, -0.2) is 23.5 Å². The van der Waals surface area contributed by atoms with Gasteiger partial charge in [0.05, 0.1) is 0 Å². The molecule has 204 valence electrons. The summed E-state index contributed by atoms with van der Waals surface area (Å²) in [7, 11) is 0. The normalized spacial score (nSPS) is 9.76. The Morgan fingerprint density at radius 3 is 1.14 bits per heavy atom. The van der Waals surface area contributed by atoms with Gasteiger partial charge in [0, 0.05) is 67.4 Å². The molecule has 0 atom stereocenters. The van der Waals surface area contributed by atoms with Crippen molar-refractivity contribution in [2.45, 2.75) is 12.8 Å². The molecule has 4 rings (SSSR count). The zero-order valence-electron chi connectivity index (χ0n) is 22.9. The molecule has 0 aliphatic carbocycles. The fourth-order valence-electron chi connectivity index (χ4n) is 3.75. The van der Waals surface area contributed by atoms with Crippen LogP contribution in [0, 0.1) is 0 Å². The third-order valence-electron chi connectivity index (χ3n) is 5.76. The summed E-state index contributed by atoms with van der Waals surface area (Å²) < 4.78 is 1.74. The van der Waals surface area contributed by atoms with Crippen molar-refractivity contribution in [3.8, 4) is 0 Å². The summed E-state index contributed by atoms with van der Waals surface area (Å²) in [5.74, 6) is -2.94. The van der Waals surface area contributed by atoms with Crippen molar-refractivity contribution in [1.82, 2.24) is 0 Å². The second-order valence-electron chi connectivity index (χ2n) is 8.53. The van der Waals surface area contributed by atoms with Crippen molar-refractivity contribution >= 4 is 66.7 Å². The van der Waals surface area contributed by atoms with E-state index < -0.39 is 11.9 Å². The number of para-hydroxylation sites is 2. The van der Waals surface area contributed by atoms with Crippen LogP contribution in [-0.2, 0) is 22.4 Å². The molecule has 12 heteroatoms. The minimum absolute atomic E-state index is 0. The van der Waals surface area contributed by atoms with Crippen LogP contribution in [0.25, 0.3) is 0 Å². The summed E-state index contributed by atoms with van der Waals surface area (Å²) >= 11 is 6.59. The Labute approximate surface area is 303 Å². The molecule has 0 saturated carbocycles. The Morgan fingerprint density at radius 1 is 0.548 bits per heavy atom. The van der Waals surface area contributed by atoms with Gasteiger partial charge >= 0.3 is 59.1 Å². The van der Waals surface area contributed by atoms with E-state index in [0.29, 0.717) is 33.4 Å². The Kier molecular flexibility index (Phi) is 15.9. The first-order valence-electron chi connectivity index (χ1n) is 11.7. The number of anilines is 2. The number of rotatable bonds is 8. The Morgan fingerprint density at radius 2 is 0.857 bits per heavy atom. The molecule has 4 aromatic rings. The van der Waals surface area contributed by atoms with Crippen molar-refractivity contribution < 1.29 is 88.5 Å². The molecule has 0 amide bonds. The number of carboxylic acids is 2. The zero-order chi connectivity index (χ0) is 29.4. The minimum atomic E-state index is -1.23. The fourth-order valence-corrected chi connectivity index (χ4v) is 4.28. The van der Waals surface area contributed by atoms with Crippen molar-refractivity contribution in [2.24, 2.45) is 0 Å². The maximum absolute atomic E-state index is 12.4. The second kappa shape index (κ2) is 17.7. The summed E-state index contributed by atoms with van der Waals surface area (Å²) in [5.41, 5.74) is 14.5. The quantitative estimate of drug-likeness (QED) is 0.112. The number of hydrogen-bond acceptors (Lipinski definition) is 8. The van der Waals surface area contributed by atoms with E-state index in [2.05, 4.69) is 31.9 Å². The summed E-state index contributed by atoms with van der Waals surface area (Å²) in [6, 6.07) is 23.3. The summed E-state index contributed by atoms with van der Waals surface area (Å²) in [6.45, 7) is 0. The van der Waals surface area contributed by atoms with Gasteiger partial charge in [-0.3, -0.25) is 9.59 Å². The number of hydrogen-bond donors (Lipinski definition) is 2. The fraction of sp³-hybridized carbons (Fsp3) is 0.0667. The third kappa shape index (κ3) is 10.5. The maximum Gasteiger partial charge on any atom is 1.00 e. The van der Waals surface area contributed by atoms with E-state index in [9.17, 15) is 29.4 Å². The van der Waals surface area contributed by atoms with E-state index in [4.69, 9.17) is 11.5 Å². The van der Waals surface area contributed by atoms with Gasteiger partial charge in [0.15, 0.2) is 11.6 Å². The molecule has 0 unspecified atom stereocenters. The molecule has 0 saturated heterocycles. The van der Waals surface area contributed by atoms with Gasteiger partial charge in [-0.2, -0.15) is 0 Å². The first-order chi connectivity index (χ1) is 19.0. The van der Waals surface area contributed by atoms with Crippen molar-refractivity contribution in [3.05, 3.63) is 127 Å². The van der Waals surface area contributed by atoms with Gasteiger partial charge in [-0.1, -0.05) is 56.1 Å². The zero-order valence-corrected chi connectivity index (χ0v) is 30.0. The van der Waals surface area contributed by atoms with Crippen LogP contribution in [0.15, 0.2) is 93.9 Å². The van der Waals surface area contributed by atoms with Gasteiger partial charge in [-0.15, -0.1) is 0 Å². The Bertz CT molecular complexity index is 1460. The van der Waals surface area contributed by atoms with Crippen molar-refractivity contribution in [3.63, 3.8) is 0 Å². The van der Waals surface area contributed by atoms with Crippen LogP contribution in [0.4, 0.5) is 11.4 Å². The molecule has 0 aliphatic heterocycles. The Balaban J connectivity index is 0.000000401. The van der Waals surface area contributed by atoms with Crippen LogP contribution in [0.3, 0.4) is 0 Å². The second-order valence-corrected chi connectivity index (χ2v) is 10.4. The van der Waals surface area contributed by atoms with E-state index in [1.165, 1.54) is 0 Å². The molecule has 0 heterocycles. The molecule has 0 aromatic heterocycles. The van der Waals surface area contributed by atoms with Crippen LogP contribution in [0.1, 0.15) is 43.0 Å². The summed E-state index contributed by atoms with van der Waals surface area (Å²) in [4.78, 5) is 46.0. The molecule has 0 aliphatic rings. The molecule has 0 spiro atoms.